The predicted molar refractivity (Wildman–Crippen MR) is 76.3 cm³/mol. The topological polar surface area (TPSA) is 76.5 Å². The van der Waals surface area contributed by atoms with Crippen LogP contribution < -0.4 is 10.2 Å². The zero-order valence-electron chi connectivity index (χ0n) is 11.4. The number of carbonyl (C=O) groups excluding carboxylic acids is 2. The smallest absolute Gasteiger partial charge is 0.414 e. The number of benzene rings is 1. The van der Waals surface area contributed by atoms with E-state index in [1.165, 1.54) is 4.90 Å². The minimum atomic E-state index is -0.389. The maximum Gasteiger partial charge on any atom is 0.414 e. The molecular formula is C14H14N4O3. The Morgan fingerprint density at radius 3 is 2.95 bits per heavy atom. The van der Waals surface area contributed by atoms with E-state index in [2.05, 4.69) is 10.4 Å². The highest BCUT2D eigenvalue weighted by atomic mass is 16.6. The van der Waals surface area contributed by atoms with Gasteiger partial charge in [0.25, 0.3) is 5.91 Å². The third-order valence-electron chi connectivity index (χ3n) is 3.14. The van der Waals surface area contributed by atoms with Crippen LogP contribution in [0, 0.1) is 0 Å². The second-order valence-corrected chi connectivity index (χ2v) is 4.67. The second-order valence-electron chi connectivity index (χ2n) is 4.67. The zero-order chi connectivity index (χ0) is 14.8. The number of anilines is 2. The number of nitrogens with zero attached hydrogens (tertiary/aromatic N) is 3. The monoisotopic (exact) mass is 286 g/mol. The third-order valence-corrected chi connectivity index (χ3v) is 3.14. The van der Waals surface area contributed by atoms with Gasteiger partial charge in [-0.25, -0.2) is 4.79 Å². The van der Waals surface area contributed by atoms with Crippen molar-refractivity contribution in [2.75, 3.05) is 23.4 Å². The summed E-state index contributed by atoms with van der Waals surface area (Å²) in [6.07, 6.45) is 2.89. The van der Waals surface area contributed by atoms with Crippen molar-refractivity contribution in [3.8, 4) is 0 Å². The van der Waals surface area contributed by atoms with Crippen molar-refractivity contribution in [3.05, 3.63) is 42.2 Å². The fraction of sp³-hybridized carbons (Fsp3) is 0.214. The minimum absolute atomic E-state index is 0.252. The van der Waals surface area contributed by atoms with E-state index < -0.39 is 0 Å². The van der Waals surface area contributed by atoms with Gasteiger partial charge in [0.15, 0.2) is 0 Å². The molecule has 21 heavy (non-hydrogen) atoms. The van der Waals surface area contributed by atoms with E-state index in [1.54, 1.807) is 48.4 Å². The summed E-state index contributed by atoms with van der Waals surface area (Å²) in [6, 6.07) is 6.86. The molecule has 3 rings (SSSR count). The molecular weight excluding hydrogens is 272 g/mol. The molecule has 0 bridgehead atoms. The van der Waals surface area contributed by atoms with Crippen LogP contribution in [0.25, 0.3) is 0 Å². The fourth-order valence-corrected chi connectivity index (χ4v) is 2.13. The number of hydrogen-bond donors (Lipinski definition) is 1. The molecule has 1 saturated heterocycles. The normalized spacial score (nSPS) is 14.1. The van der Waals surface area contributed by atoms with Gasteiger partial charge < -0.3 is 10.1 Å². The summed E-state index contributed by atoms with van der Waals surface area (Å²) in [5.41, 5.74) is 1.74. The van der Waals surface area contributed by atoms with Gasteiger partial charge in [0.1, 0.15) is 6.61 Å². The van der Waals surface area contributed by atoms with Gasteiger partial charge in [-0.1, -0.05) is 6.07 Å². The van der Waals surface area contributed by atoms with E-state index in [0.29, 0.717) is 30.1 Å². The van der Waals surface area contributed by atoms with Crippen LogP contribution in [0.5, 0.6) is 0 Å². The average Bonchev–Trinajstić information content (AvgIpc) is 3.07. The number of aromatic nitrogens is 2. The molecule has 1 N–H and O–H groups in total. The van der Waals surface area contributed by atoms with Crippen molar-refractivity contribution in [1.82, 2.24) is 9.78 Å². The molecule has 7 heteroatoms. The molecule has 0 saturated carbocycles. The van der Waals surface area contributed by atoms with Crippen molar-refractivity contribution in [1.29, 1.82) is 0 Å². The van der Waals surface area contributed by atoms with E-state index >= 15 is 0 Å². The summed E-state index contributed by atoms with van der Waals surface area (Å²) >= 11 is 0. The van der Waals surface area contributed by atoms with Crippen LogP contribution in [0.3, 0.4) is 0 Å². The summed E-state index contributed by atoms with van der Waals surface area (Å²) in [5, 5.41) is 6.74. The second kappa shape index (κ2) is 5.28. The standard InChI is InChI=1S/C14H14N4O3/c1-17-9-11(8-15-17)16-13(19)10-3-2-4-12(7-10)18-5-6-21-14(18)20/h2-4,7-9H,5-6H2,1H3,(H,16,19). The molecule has 1 aliphatic heterocycles. The third kappa shape index (κ3) is 2.71. The van der Waals surface area contributed by atoms with Crippen molar-refractivity contribution in [3.63, 3.8) is 0 Å². The van der Waals surface area contributed by atoms with E-state index in [1.807, 2.05) is 0 Å². The molecule has 2 aromatic rings. The molecule has 0 radical (unpaired) electrons. The Hall–Kier alpha value is -2.83. The molecule has 7 nitrogen and oxygen atoms in total. The SMILES string of the molecule is Cn1cc(NC(=O)c2cccc(N3CCOC3=O)c2)cn1. The van der Waals surface area contributed by atoms with Gasteiger partial charge in [0.05, 0.1) is 18.4 Å². The van der Waals surface area contributed by atoms with Crippen molar-refractivity contribution in [2.24, 2.45) is 7.05 Å². The molecule has 2 amide bonds. The zero-order valence-corrected chi connectivity index (χ0v) is 11.4. The molecule has 0 spiro atoms. The van der Waals surface area contributed by atoms with Crippen LogP contribution >= 0.6 is 0 Å². The lowest BCUT2D eigenvalue weighted by atomic mass is 10.1. The number of ether oxygens (including phenoxy) is 1. The van der Waals surface area contributed by atoms with E-state index in [9.17, 15) is 9.59 Å². The van der Waals surface area contributed by atoms with Gasteiger partial charge in [0, 0.05) is 24.5 Å². The molecule has 1 aromatic carbocycles. The van der Waals surface area contributed by atoms with Crippen LogP contribution in [0.1, 0.15) is 10.4 Å². The summed E-state index contributed by atoms with van der Waals surface area (Å²) in [5.74, 6) is -0.252. The summed E-state index contributed by atoms with van der Waals surface area (Å²) < 4.78 is 6.50. The molecule has 1 aliphatic rings. The largest absolute Gasteiger partial charge is 0.447 e. The molecule has 0 atom stereocenters. The van der Waals surface area contributed by atoms with Crippen molar-refractivity contribution in [2.45, 2.75) is 0 Å². The summed E-state index contributed by atoms with van der Waals surface area (Å²) in [6.45, 7) is 0.859. The lowest BCUT2D eigenvalue weighted by molar-refractivity contribution is 0.102. The number of rotatable bonds is 3. The Labute approximate surface area is 121 Å². The van der Waals surface area contributed by atoms with Crippen LogP contribution in [-0.4, -0.2) is 34.9 Å². The Morgan fingerprint density at radius 2 is 2.29 bits per heavy atom. The fourth-order valence-electron chi connectivity index (χ4n) is 2.13. The molecule has 1 aromatic heterocycles. The van der Waals surface area contributed by atoms with Gasteiger partial charge >= 0.3 is 6.09 Å². The Balaban J connectivity index is 1.79. The predicted octanol–water partition coefficient (Wildman–Crippen LogP) is 1.63. The number of carbonyl (C=O) groups is 2. The van der Waals surface area contributed by atoms with Crippen LogP contribution in [0.2, 0.25) is 0 Å². The lowest BCUT2D eigenvalue weighted by Gasteiger charge is -2.13. The van der Waals surface area contributed by atoms with E-state index in [4.69, 9.17) is 4.74 Å². The summed E-state index contributed by atoms with van der Waals surface area (Å²) in [4.78, 5) is 25.2. The maximum atomic E-state index is 12.2. The highest BCUT2D eigenvalue weighted by Gasteiger charge is 2.24. The van der Waals surface area contributed by atoms with Crippen LogP contribution in [0.15, 0.2) is 36.7 Å². The first-order chi connectivity index (χ1) is 10.1. The highest BCUT2D eigenvalue weighted by molar-refractivity contribution is 6.05. The van der Waals surface area contributed by atoms with Gasteiger partial charge in [-0.3, -0.25) is 14.4 Å². The first-order valence-corrected chi connectivity index (χ1v) is 6.48. The maximum absolute atomic E-state index is 12.2. The first kappa shape index (κ1) is 13.2. The average molecular weight is 286 g/mol. The molecule has 108 valence electrons. The Bertz CT molecular complexity index is 695. The van der Waals surface area contributed by atoms with Crippen LogP contribution in [-0.2, 0) is 11.8 Å². The van der Waals surface area contributed by atoms with Gasteiger partial charge in [-0.15, -0.1) is 0 Å². The first-order valence-electron chi connectivity index (χ1n) is 6.48. The number of cyclic esters (lactones) is 1. The number of amides is 2. The summed E-state index contributed by atoms with van der Waals surface area (Å²) in [7, 11) is 1.77. The molecule has 0 unspecified atom stereocenters. The quantitative estimate of drug-likeness (QED) is 0.930. The number of hydrogen-bond acceptors (Lipinski definition) is 4. The molecule has 0 aliphatic carbocycles. The Kier molecular flexibility index (Phi) is 3.31. The van der Waals surface area contributed by atoms with Crippen molar-refractivity contribution < 1.29 is 14.3 Å². The molecule has 1 fully saturated rings. The van der Waals surface area contributed by atoms with Crippen molar-refractivity contribution >= 4 is 23.4 Å². The van der Waals surface area contributed by atoms with Crippen LogP contribution in [0.4, 0.5) is 16.2 Å². The van der Waals surface area contributed by atoms with Gasteiger partial charge in [0.2, 0.25) is 0 Å². The van der Waals surface area contributed by atoms with Gasteiger partial charge in [-0.2, -0.15) is 5.10 Å². The Morgan fingerprint density at radius 1 is 1.43 bits per heavy atom. The van der Waals surface area contributed by atoms with E-state index in [-0.39, 0.29) is 12.0 Å². The highest BCUT2D eigenvalue weighted by Crippen LogP contribution is 2.20. The molecule has 2 heterocycles. The van der Waals surface area contributed by atoms with E-state index in [0.717, 1.165) is 0 Å². The lowest BCUT2D eigenvalue weighted by Crippen LogP contribution is -2.23. The van der Waals surface area contributed by atoms with Gasteiger partial charge in [-0.05, 0) is 18.2 Å². The minimum Gasteiger partial charge on any atom is -0.447 e. The number of nitrogens with one attached hydrogen (secondary N) is 1. The number of aryl methyl sites for hydroxylation is 1.